The minimum atomic E-state index is -0.988. The van der Waals surface area contributed by atoms with Gasteiger partial charge in [0.05, 0.1) is 15.7 Å². The summed E-state index contributed by atoms with van der Waals surface area (Å²) in [6, 6.07) is 18.4. The Morgan fingerprint density at radius 3 is 2.56 bits per heavy atom. The van der Waals surface area contributed by atoms with E-state index in [9.17, 15) is 9.90 Å². The van der Waals surface area contributed by atoms with Crippen LogP contribution < -0.4 is 0 Å². The predicted octanol–water partition coefficient (Wildman–Crippen LogP) is 5.76. The number of nitrogens with zero attached hydrogens (tertiary/aromatic N) is 2. The average molecular weight is 397 g/mol. The van der Waals surface area contributed by atoms with E-state index in [-0.39, 0.29) is 5.69 Å². The number of pyridine rings is 1. The molecular formula is C21H14Cl2N2O2. The summed E-state index contributed by atoms with van der Waals surface area (Å²) in [5, 5.41) is 11.5. The van der Waals surface area contributed by atoms with Gasteiger partial charge in [-0.15, -0.1) is 0 Å². The van der Waals surface area contributed by atoms with Crippen molar-refractivity contribution in [3.63, 3.8) is 0 Å². The van der Waals surface area contributed by atoms with Gasteiger partial charge < -0.3 is 9.67 Å². The van der Waals surface area contributed by atoms with Crippen molar-refractivity contribution < 1.29 is 9.90 Å². The number of carbonyl (C=O) groups is 1. The molecule has 4 rings (SSSR count). The van der Waals surface area contributed by atoms with Crippen LogP contribution in [0.1, 0.15) is 16.1 Å². The zero-order valence-corrected chi connectivity index (χ0v) is 15.6. The highest BCUT2D eigenvalue weighted by Gasteiger charge is 2.18. The van der Waals surface area contributed by atoms with E-state index in [0.29, 0.717) is 16.6 Å². The van der Waals surface area contributed by atoms with Crippen LogP contribution in [0.3, 0.4) is 0 Å². The minimum absolute atomic E-state index is 0.208. The Bertz CT molecular complexity index is 1150. The number of benzene rings is 2. The summed E-state index contributed by atoms with van der Waals surface area (Å²) in [7, 11) is 0. The maximum absolute atomic E-state index is 11.9. The number of halogens is 2. The summed E-state index contributed by atoms with van der Waals surface area (Å²) < 4.78 is 1.77. The summed E-state index contributed by atoms with van der Waals surface area (Å²) in [5.74, 6) is -0.988. The summed E-state index contributed by atoms with van der Waals surface area (Å²) in [6.45, 7) is 0.369. The van der Waals surface area contributed by atoms with Gasteiger partial charge in [-0.1, -0.05) is 47.5 Å². The van der Waals surface area contributed by atoms with Gasteiger partial charge in [0.15, 0.2) is 0 Å². The molecule has 0 aliphatic heterocycles. The molecule has 0 radical (unpaired) electrons. The van der Waals surface area contributed by atoms with Crippen LogP contribution in [-0.4, -0.2) is 20.6 Å². The van der Waals surface area contributed by atoms with Gasteiger partial charge in [-0.3, -0.25) is 4.98 Å². The molecule has 4 aromatic rings. The molecule has 0 aliphatic rings. The molecule has 0 bridgehead atoms. The lowest BCUT2D eigenvalue weighted by Crippen LogP contribution is -2.09. The standard InChI is InChI=1S/C21H14Cl2N2O2/c22-16-8-7-13(10-17(16)23)12-25-19-6-3-4-14(18-5-1-2-9-24-18)15(19)11-20(25)21(26)27/h1-11H,12H2,(H,26,27). The van der Waals surface area contributed by atoms with Gasteiger partial charge in [-0.05, 0) is 42.0 Å². The van der Waals surface area contributed by atoms with Crippen LogP contribution >= 0.6 is 23.2 Å². The first kappa shape index (κ1) is 17.6. The Labute approximate surface area is 165 Å². The molecule has 0 spiro atoms. The van der Waals surface area contributed by atoms with Crippen LogP contribution in [0.25, 0.3) is 22.2 Å². The van der Waals surface area contributed by atoms with Gasteiger partial charge in [-0.25, -0.2) is 4.79 Å². The number of hydrogen-bond donors (Lipinski definition) is 1. The largest absolute Gasteiger partial charge is 0.477 e. The van der Waals surface area contributed by atoms with E-state index < -0.39 is 5.97 Å². The molecule has 0 amide bonds. The first-order valence-electron chi connectivity index (χ1n) is 8.25. The molecule has 0 saturated heterocycles. The topological polar surface area (TPSA) is 55.1 Å². The second-order valence-electron chi connectivity index (χ2n) is 6.12. The van der Waals surface area contributed by atoms with E-state index in [2.05, 4.69) is 4.98 Å². The van der Waals surface area contributed by atoms with Crippen molar-refractivity contribution in [1.29, 1.82) is 0 Å². The minimum Gasteiger partial charge on any atom is -0.477 e. The summed E-state index contributed by atoms with van der Waals surface area (Å²) >= 11 is 12.1. The quantitative estimate of drug-likeness (QED) is 0.477. The van der Waals surface area contributed by atoms with E-state index in [1.807, 2.05) is 42.5 Å². The number of fused-ring (bicyclic) bond motifs is 1. The van der Waals surface area contributed by atoms with Crippen molar-refractivity contribution in [2.45, 2.75) is 6.54 Å². The third-order valence-electron chi connectivity index (χ3n) is 4.43. The Morgan fingerprint density at radius 1 is 1.00 bits per heavy atom. The van der Waals surface area contributed by atoms with Crippen LogP contribution in [0.4, 0.5) is 0 Å². The molecular weight excluding hydrogens is 383 g/mol. The van der Waals surface area contributed by atoms with Gasteiger partial charge in [0.1, 0.15) is 5.69 Å². The third kappa shape index (κ3) is 3.29. The fourth-order valence-electron chi connectivity index (χ4n) is 3.20. The van der Waals surface area contributed by atoms with Crippen molar-refractivity contribution in [3.05, 3.63) is 88.2 Å². The molecule has 1 N–H and O–H groups in total. The van der Waals surface area contributed by atoms with Crippen molar-refractivity contribution >= 4 is 40.1 Å². The summed E-state index contributed by atoms with van der Waals surface area (Å²) in [5.41, 5.74) is 3.59. The lowest BCUT2D eigenvalue weighted by atomic mass is 10.1. The Kier molecular flexibility index (Phi) is 4.60. The first-order chi connectivity index (χ1) is 13.0. The van der Waals surface area contributed by atoms with Crippen molar-refractivity contribution in [2.75, 3.05) is 0 Å². The zero-order valence-electron chi connectivity index (χ0n) is 14.1. The molecule has 4 nitrogen and oxygen atoms in total. The van der Waals surface area contributed by atoms with E-state index in [1.165, 1.54) is 0 Å². The Morgan fingerprint density at radius 2 is 1.85 bits per heavy atom. The van der Waals surface area contributed by atoms with Crippen molar-refractivity contribution in [3.8, 4) is 11.3 Å². The van der Waals surface area contributed by atoms with Crippen LogP contribution in [0.2, 0.25) is 10.0 Å². The second-order valence-corrected chi connectivity index (χ2v) is 6.94. The average Bonchev–Trinajstić information content (AvgIpc) is 3.04. The molecule has 0 atom stereocenters. The number of carboxylic acids is 1. The molecule has 134 valence electrons. The van der Waals surface area contributed by atoms with E-state index in [0.717, 1.165) is 27.7 Å². The molecule has 0 aliphatic carbocycles. The Hall–Kier alpha value is -2.82. The maximum Gasteiger partial charge on any atom is 0.352 e. The first-order valence-corrected chi connectivity index (χ1v) is 9.01. The van der Waals surface area contributed by atoms with Crippen molar-refractivity contribution in [1.82, 2.24) is 9.55 Å². The van der Waals surface area contributed by atoms with Gasteiger partial charge >= 0.3 is 5.97 Å². The van der Waals surface area contributed by atoms with Gasteiger partial charge in [-0.2, -0.15) is 0 Å². The number of aromatic nitrogens is 2. The van der Waals surface area contributed by atoms with Crippen LogP contribution in [0, 0.1) is 0 Å². The maximum atomic E-state index is 11.9. The SMILES string of the molecule is O=C(O)c1cc2c(-c3ccccn3)cccc2n1Cc1ccc(Cl)c(Cl)c1. The lowest BCUT2D eigenvalue weighted by molar-refractivity contribution is 0.0686. The molecule has 2 heterocycles. The number of hydrogen-bond acceptors (Lipinski definition) is 2. The number of carboxylic acid groups (broad SMARTS) is 1. The molecule has 0 saturated carbocycles. The molecule has 0 unspecified atom stereocenters. The third-order valence-corrected chi connectivity index (χ3v) is 5.17. The number of rotatable bonds is 4. The highest BCUT2D eigenvalue weighted by atomic mass is 35.5. The summed E-state index contributed by atoms with van der Waals surface area (Å²) in [4.78, 5) is 16.3. The van der Waals surface area contributed by atoms with E-state index in [4.69, 9.17) is 23.2 Å². The smallest absolute Gasteiger partial charge is 0.352 e. The predicted molar refractivity (Wildman–Crippen MR) is 108 cm³/mol. The molecule has 6 heteroatoms. The van der Waals surface area contributed by atoms with E-state index >= 15 is 0 Å². The van der Waals surface area contributed by atoms with Gasteiger partial charge in [0, 0.05) is 29.2 Å². The molecule has 2 aromatic carbocycles. The van der Waals surface area contributed by atoms with Crippen LogP contribution in [0.15, 0.2) is 66.9 Å². The highest BCUT2D eigenvalue weighted by molar-refractivity contribution is 6.42. The van der Waals surface area contributed by atoms with Gasteiger partial charge in [0.25, 0.3) is 0 Å². The fourth-order valence-corrected chi connectivity index (χ4v) is 3.52. The normalized spacial score (nSPS) is 11.0. The number of aromatic carboxylic acids is 1. The van der Waals surface area contributed by atoms with Crippen molar-refractivity contribution in [2.24, 2.45) is 0 Å². The molecule has 2 aromatic heterocycles. The lowest BCUT2D eigenvalue weighted by Gasteiger charge is -2.10. The zero-order chi connectivity index (χ0) is 19.0. The monoisotopic (exact) mass is 396 g/mol. The fraction of sp³-hybridized carbons (Fsp3) is 0.0476. The molecule has 27 heavy (non-hydrogen) atoms. The second kappa shape index (κ2) is 7.06. The highest BCUT2D eigenvalue weighted by Crippen LogP contribution is 2.31. The Balaban J connectivity index is 1.90. The van der Waals surface area contributed by atoms with Crippen LogP contribution in [0.5, 0.6) is 0 Å². The molecule has 0 fully saturated rings. The van der Waals surface area contributed by atoms with E-state index in [1.54, 1.807) is 29.0 Å². The summed E-state index contributed by atoms with van der Waals surface area (Å²) in [6.07, 6.45) is 1.72. The van der Waals surface area contributed by atoms with Gasteiger partial charge in [0.2, 0.25) is 0 Å². The van der Waals surface area contributed by atoms with Crippen LogP contribution in [-0.2, 0) is 6.54 Å².